The molecule has 0 saturated heterocycles. The molecular formula is C14H11F3N2O2. The van der Waals surface area contributed by atoms with Gasteiger partial charge in [0.15, 0.2) is 17.4 Å². The Morgan fingerprint density at radius 2 is 1.86 bits per heavy atom. The first-order valence-corrected chi connectivity index (χ1v) is 5.83. The quantitative estimate of drug-likeness (QED) is 0.661. The molecule has 0 aliphatic carbocycles. The topological polar surface area (TPSA) is 66.6 Å². The lowest BCUT2D eigenvalue weighted by atomic mass is 10.1. The zero-order chi connectivity index (χ0) is 15.7. The summed E-state index contributed by atoms with van der Waals surface area (Å²) >= 11 is 0. The van der Waals surface area contributed by atoms with Crippen LogP contribution in [0, 0.1) is 17.5 Å². The molecule has 1 amide bonds. The Balaban J connectivity index is 2.45. The van der Waals surface area contributed by atoms with E-state index in [1.165, 1.54) is 19.2 Å². The summed E-state index contributed by atoms with van der Waals surface area (Å²) < 4.78 is 39.9. The number of anilines is 2. The van der Waals surface area contributed by atoms with Crippen molar-refractivity contribution in [2.24, 2.45) is 0 Å². The van der Waals surface area contributed by atoms with Gasteiger partial charge in [-0.3, -0.25) is 4.79 Å². The molecule has 2 aromatic rings. The third-order valence-electron chi connectivity index (χ3n) is 2.93. The monoisotopic (exact) mass is 296 g/mol. The maximum atomic E-state index is 13.7. The fourth-order valence-corrected chi connectivity index (χ4v) is 1.78. The van der Waals surface area contributed by atoms with Crippen LogP contribution in [0.1, 0.15) is 10.4 Å². The highest BCUT2D eigenvalue weighted by Crippen LogP contribution is 2.27. The van der Waals surface area contributed by atoms with Crippen LogP contribution >= 0.6 is 0 Å². The van der Waals surface area contributed by atoms with Crippen LogP contribution in [0.15, 0.2) is 30.3 Å². The average Bonchev–Trinajstić information content (AvgIpc) is 2.47. The smallest absolute Gasteiger partial charge is 0.261 e. The number of nitrogen functional groups attached to an aromatic ring is 1. The van der Waals surface area contributed by atoms with Gasteiger partial charge in [-0.05, 0) is 24.3 Å². The lowest BCUT2D eigenvalue weighted by Gasteiger charge is -2.18. The van der Waals surface area contributed by atoms with Crippen molar-refractivity contribution in [1.29, 1.82) is 0 Å². The molecule has 0 aromatic heterocycles. The molecule has 0 atom stereocenters. The molecule has 7 heteroatoms. The number of rotatable bonds is 2. The minimum Gasteiger partial charge on any atom is -0.503 e. The summed E-state index contributed by atoms with van der Waals surface area (Å²) in [4.78, 5) is 13.1. The lowest BCUT2D eigenvalue weighted by molar-refractivity contribution is 0.0987. The first-order valence-electron chi connectivity index (χ1n) is 5.83. The van der Waals surface area contributed by atoms with Gasteiger partial charge in [-0.2, -0.15) is 4.39 Å². The number of nitrogens with zero attached hydrogens (tertiary/aromatic N) is 1. The van der Waals surface area contributed by atoms with Crippen LogP contribution in [0.4, 0.5) is 24.5 Å². The number of aromatic hydroxyl groups is 1. The molecule has 110 valence electrons. The highest BCUT2D eigenvalue weighted by molar-refractivity contribution is 6.06. The van der Waals surface area contributed by atoms with E-state index in [0.717, 1.165) is 4.90 Å². The molecular weight excluding hydrogens is 285 g/mol. The summed E-state index contributed by atoms with van der Waals surface area (Å²) in [7, 11) is 1.31. The highest BCUT2D eigenvalue weighted by atomic mass is 19.2. The van der Waals surface area contributed by atoms with E-state index in [1.807, 2.05) is 0 Å². The highest BCUT2D eigenvalue weighted by Gasteiger charge is 2.25. The van der Waals surface area contributed by atoms with Crippen molar-refractivity contribution >= 4 is 17.3 Å². The van der Waals surface area contributed by atoms with E-state index in [-0.39, 0.29) is 0 Å². The van der Waals surface area contributed by atoms with Gasteiger partial charge in [0, 0.05) is 18.4 Å². The number of carbonyl (C=O) groups excluding carboxylic acids is 1. The number of carbonyl (C=O) groups is 1. The van der Waals surface area contributed by atoms with E-state index in [0.29, 0.717) is 17.4 Å². The van der Waals surface area contributed by atoms with E-state index in [1.54, 1.807) is 12.1 Å². The van der Waals surface area contributed by atoms with Gasteiger partial charge >= 0.3 is 0 Å². The lowest BCUT2D eigenvalue weighted by Crippen LogP contribution is -2.27. The second kappa shape index (κ2) is 5.35. The number of nitrogens with two attached hydrogens (primary N) is 1. The summed E-state index contributed by atoms with van der Waals surface area (Å²) in [6.45, 7) is 0. The van der Waals surface area contributed by atoms with Gasteiger partial charge < -0.3 is 15.7 Å². The van der Waals surface area contributed by atoms with Crippen LogP contribution < -0.4 is 10.6 Å². The molecule has 0 saturated carbocycles. The number of phenolic OH excluding ortho intramolecular Hbond substituents is 1. The molecule has 21 heavy (non-hydrogen) atoms. The zero-order valence-electron chi connectivity index (χ0n) is 10.9. The van der Waals surface area contributed by atoms with Gasteiger partial charge in [-0.25, -0.2) is 8.78 Å². The Morgan fingerprint density at radius 1 is 1.19 bits per heavy atom. The van der Waals surface area contributed by atoms with E-state index >= 15 is 0 Å². The van der Waals surface area contributed by atoms with Crippen LogP contribution in [0.2, 0.25) is 0 Å². The Labute approximate surface area is 118 Å². The van der Waals surface area contributed by atoms with E-state index in [9.17, 15) is 18.0 Å². The minimum atomic E-state index is -1.74. The molecule has 0 unspecified atom stereocenters. The molecule has 3 N–H and O–H groups in total. The van der Waals surface area contributed by atoms with Crippen molar-refractivity contribution in [3.05, 3.63) is 53.3 Å². The number of hydrogen-bond donors (Lipinski definition) is 2. The van der Waals surface area contributed by atoms with E-state index in [2.05, 4.69) is 0 Å². The van der Waals surface area contributed by atoms with Gasteiger partial charge in [0.05, 0.1) is 5.56 Å². The summed E-state index contributed by atoms with van der Waals surface area (Å²) in [5, 5.41) is 9.13. The van der Waals surface area contributed by atoms with Crippen molar-refractivity contribution in [1.82, 2.24) is 0 Å². The van der Waals surface area contributed by atoms with Crippen LogP contribution in [0.5, 0.6) is 5.75 Å². The normalized spacial score (nSPS) is 10.5. The maximum absolute atomic E-state index is 13.7. The second-order valence-electron chi connectivity index (χ2n) is 4.34. The van der Waals surface area contributed by atoms with Crippen LogP contribution in [0.3, 0.4) is 0 Å². The average molecular weight is 296 g/mol. The molecule has 0 bridgehead atoms. The molecule has 2 rings (SSSR count). The summed E-state index contributed by atoms with van der Waals surface area (Å²) in [6, 6.07) is 6.55. The van der Waals surface area contributed by atoms with Crippen molar-refractivity contribution in [2.75, 3.05) is 17.7 Å². The molecule has 0 radical (unpaired) electrons. The standard InChI is InChI=1S/C14H11F3N2O2/c1-19(8-4-2-3-7(18)5-8)14(21)9-6-10(15)12(17)13(20)11(9)16/h2-6,20H,18H2,1H3. The van der Waals surface area contributed by atoms with Gasteiger partial charge in [-0.15, -0.1) is 0 Å². The zero-order valence-corrected chi connectivity index (χ0v) is 10.9. The third-order valence-corrected chi connectivity index (χ3v) is 2.93. The van der Waals surface area contributed by atoms with Crippen LogP contribution in [0.25, 0.3) is 0 Å². The van der Waals surface area contributed by atoms with Crippen LogP contribution in [-0.2, 0) is 0 Å². The fraction of sp³-hybridized carbons (Fsp3) is 0.0714. The first kappa shape index (κ1) is 14.7. The SMILES string of the molecule is CN(C(=O)c1cc(F)c(F)c(O)c1F)c1cccc(N)c1. The van der Waals surface area contributed by atoms with E-state index in [4.69, 9.17) is 10.8 Å². The van der Waals surface area contributed by atoms with Gasteiger partial charge in [0.25, 0.3) is 5.91 Å². The fourth-order valence-electron chi connectivity index (χ4n) is 1.78. The van der Waals surface area contributed by atoms with E-state index < -0.39 is 34.7 Å². The number of hydrogen-bond acceptors (Lipinski definition) is 3. The van der Waals surface area contributed by atoms with Gasteiger partial charge in [-0.1, -0.05) is 6.07 Å². The van der Waals surface area contributed by atoms with Crippen molar-refractivity contribution in [3.63, 3.8) is 0 Å². The summed E-state index contributed by atoms with van der Waals surface area (Å²) in [5.41, 5.74) is 5.50. The van der Waals surface area contributed by atoms with Crippen molar-refractivity contribution < 1.29 is 23.1 Å². The molecule has 0 heterocycles. The molecule has 4 nitrogen and oxygen atoms in total. The molecule has 0 fully saturated rings. The predicted octanol–water partition coefficient (Wildman–Crippen LogP) is 2.67. The number of amides is 1. The third kappa shape index (κ3) is 2.62. The minimum absolute atomic E-state index is 0.337. The molecule has 0 spiro atoms. The van der Waals surface area contributed by atoms with Crippen molar-refractivity contribution in [3.8, 4) is 5.75 Å². The first-order chi connectivity index (χ1) is 9.82. The Hall–Kier alpha value is -2.70. The molecule has 0 aliphatic rings. The van der Waals surface area contributed by atoms with Gasteiger partial charge in [0.1, 0.15) is 0 Å². The number of halogens is 3. The summed E-state index contributed by atoms with van der Waals surface area (Å²) in [5.74, 6) is -7.25. The van der Waals surface area contributed by atoms with Crippen molar-refractivity contribution in [2.45, 2.75) is 0 Å². The maximum Gasteiger partial charge on any atom is 0.261 e. The Bertz CT molecular complexity index is 720. The predicted molar refractivity (Wildman–Crippen MR) is 71.6 cm³/mol. The number of phenols is 1. The largest absolute Gasteiger partial charge is 0.503 e. The number of benzene rings is 2. The molecule has 2 aromatic carbocycles. The van der Waals surface area contributed by atoms with Crippen LogP contribution in [-0.4, -0.2) is 18.1 Å². The molecule has 0 aliphatic heterocycles. The van der Waals surface area contributed by atoms with Gasteiger partial charge in [0.2, 0.25) is 5.82 Å². The Kier molecular flexibility index (Phi) is 3.75. The Morgan fingerprint density at radius 3 is 2.48 bits per heavy atom. The second-order valence-corrected chi connectivity index (χ2v) is 4.34. The summed E-state index contributed by atoms with van der Waals surface area (Å²) in [6.07, 6.45) is 0.